The zero-order valence-electron chi connectivity index (χ0n) is 17.1. The molecule has 0 atom stereocenters. The Balaban J connectivity index is 1.78. The Bertz CT molecular complexity index is 1050. The predicted octanol–water partition coefficient (Wildman–Crippen LogP) is 2.19. The van der Waals surface area contributed by atoms with Crippen LogP contribution in [0.25, 0.3) is 0 Å². The van der Waals surface area contributed by atoms with Gasteiger partial charge in [0.15, 0.2) is 0 Å². The molecule has 0 radical (unpaired) electrons. The monoisotopic (exact) mass is 404 g/mol. The maximum atomic E-state index is 12.3. The first-order valence-corrected chi connectivity index (χ1v) is 9.36. The van der Waals surface area contributed by atoms with E-state index in [2.05, 4.69) is 30.8 Å². The average molecular weight is 404 g/mol. The van der Waals surface area contributed by atoms with E-state index in [0.717, 1.165) is 5.56 Å². The van der Waals surface area contributed by atoms with Crippen molar-refractivity contribution >= 4 is 23.3 Å². The van der Waals surface area contributed by atoms with Crippen LogP contribution in [-0.2, 0) is 0 Å². The molecule has 0 fully saturated rings. The number of hydrogen-bond acceptors (Lipinski definition) is 8. The number of nitrogen functional groups attached to an aromatic ring is 1. The lowest BCUT2D eigenvalue weighted by Gasteiger charge is -2.28. The quantitative estimate of drug-likeness (QED) is 0.442. The van der Waals surface area contributed by atoms with Crippen molar-refractivity contribution in [3.63, 3.8) is 0 Å². The molecule has 0 aliphatic rings. The SMILES string of the molecule is Cc1ccc(C(=N)c2c(N)ncnc2NC(C)(C)CNC(=O)c2ccnnc2)cc1. The number of rotatable bonds is 7. The Morgan fingerprint density at radius 2 is 1.83 bits per heavy atom. The van der Waals surface area contributed by atoms with Crippen molar-refractivity contribution in [1.29, 1.82) is 5.41 Å². The minimum Gasteiger partial charge on any atom is -0.383 e. The summed E-state index contributed by atoms with van der Waals surface area (Å²) in [5, 5.41) is 22.2. The number of carbonyl (C=O) groups is 1. The Labute approximate surface area is 174 Å². The number of benzene rings is 1. The van der Waals surface area contributed by atoms with Crippen LogP contribution in [0.4, 0.5) is 11.6 Å². The van der Waals surface area contributed by atoms with Gasteiger partial charge in [0, 0.05) is 12.1 Å². The third kappa shape index (κ3) is 4.93. The van der Waals surface area contributed by atoms with E-state index < -0.39 is 5.54 Å². The molecular formula is C21H24N8O. The molecule has 9 nitrogen and oxygen atoms in total. The molecule has 0 unspecified atom stereocenters. The highest BCUT2D eigenvalue weighted by atomic mass is 16.1. The van der Waals surface area contributed by atoms with Gasteiger partial charge in [-0.25, -0.2) is 9.97 Å². The number of nitrogens with one attached hydrogen (secondary N) is 3. The van der Waals surface area contributed by atoms with Crippen LogP contribution in [0.1, 0.15) is 40.9 Å². The van der Waals surface area contributed by atoms with Crippen LogP contribution in [-0.4, -0.2) is 43.9 Å². The minimum atomic E-state index is -0.584. The Morgan fingerprint density at radius 1 is 1.10 bits per heavy atom. The molecule has 0 aliphatic heterocycles. The second kappa shape index (κ2) is 8.64. The standard InChI is InChI=1S/C21H24N8O/c1-13-4-6-14(7-5-13)17(22)16-18(23)25-12-26-19(16)29-21(2,3)11-24-20(30)15-8-9-27-28-10-15/h4-10,12,22H,11H2,1-3H3,(H,24,30)(H3,23,25,26,29). The molecule has 2 heterocycles. The lowest BCUT2D eigenvalue weighted by atomic mass is 10.00. The average Bonchev–Trinajstić information content (AvgIpc) is 2.73. The molecule has 0 saturated heterocycles. The molecule has 2 aromatic heterocycles. The van der Waals surface area contributed by atoms with Crippen molar-refractivity contribution in [2.75, 3.05) is 17.6 Å². The van der Waals surface area contributed by atoms with Crippen molar-refractivity contribution in [3.8, 4) is 0 Å². The van der Waals surface area contributed by atoms with Gasteiger partial charge in [0.1, 0.15) is 18.0 Å². The van der Waals surface area contributed by atoms with E-state index in [4.69, 9.17) is 11.1 Å². The molecule has 0 saturated carbocycles. The van der Waals surface area contributed by atoms with Crippen molar-refractivity contribution in [1.82, 2.24) is 25.5 Å². The van der Waals surface area contributed by atoms with E-state index in [0.29, 0.717) is 29.1 Å². The molecule has 154 valence electrons. The van der Waals surface area contributed by atoms with Crippen molar-refractivity contribution in [2.45, 2.75) is 26.3 Å². The summed E-state index contributed by atoms with van der Waals surface area (Å²) in [6.45, 7) is 6.11. The van der Waals surface area contributed by atoms with Crippen molar-refractivity contribution < 1.29 is 4.79 Å². The van der Waals surface area contributed by atoms with Crippen LogP contribution >= 0.6 is 0 Å². The first-order valence-electron chi connectivity index (χ1n) is 9.36. The number of hydrogen-bond donors (Lipinski definition) is 4. The Kier molecular flexibility index (Phi) is 6.01. The van der Waals surface area contributed by atoms with Gasteiger partial charge in [0.05, 0.1) is 34.8 Å². The fourth-order valence-electron chi connectivity index (χ4n) is 2.80. The van der Waals surface area contributed by atoms with E-state index in [1.807, 2.05) is 45.0 Å². The summed E-state index contributed by atoms with van der Waals surface area (Å²) >= 11 is 0. The maximum absolute atomic E-state index is 12.3. The third-order valence-corrected chi connectivity index (χ3v) is 4.46. The van der Waals surface area contributed by atoms with Gasteiger partial charge in [-0.2, -0.15) is 10.2 Å². The highest BCUT2D eigenvalue weighted by molar-refractivity contribution is 6.16. The summed E-state index contributed by atoms with van der Waals surface area (Å²) in [5.74, 6) is 0.383. The lowest BCUT2D eigenvalue weighted by molar-refractivity contribution is 0.0947. The van der Waals surface area contributed by atoms with Gasteiger partial charge in [-0.3, -0.25) is 10.2 Å². The van der Waals surface area contributed by atoms with E-state index in [1.54, 1.807) is 6.07 Å². The zero-order chi connectivity index (χ0) is 21.7. The fraction of sp³-hybridized carbons (Fsp3) is 0.238. The predicted molar refractivity (Wildman–Crippen MR) is 116 cm³/mol. The zero-order valence-corrected chi connectivity index (χ0v) is 17.1. The Hall–Kier alpha value is -3.88. The number of aryl methyl sites for hydroxylation is 1. The van der Waals surface area contributed by atoms with Crippen LogP contribution in [0.2, 0.25) is 0 Å². The van der Waals surface area contributed by atoms with Crippen LogP contribution in [0, 0.1) is 12.3 Å². The largest absolute Gasteiger partial charge is 0.383 e. The summed E-state index contributed by atoms with van der Waals surface area (Å²) in [7, 11) is 0. The summed E-state index contributed by atoms with van der Waals surface area (Å²) < 4.78 is 0. The van der Waals surface area contributed by atoms with E-state index in [-0.39, 0.29) is 17.4 Å². The van der Waals surface area contributed by atoms with Crippen LogP contribution in [0.5, 0.6) is 0 Å². The van der Waals surface area contributed by atoms with Gasteiger partial charge < -0.3 is 16.4 Å². The van der Waals surface area contributed by atoms with Crippen molar-refractivity contribution in [3.05, 3.63) is 71.3 Å². The fourth-order valence-corrected chi connectivity index (χ4v) is 2.80. The number of nitrogens with zero attached hydrogens (tertiary/aromatic N) is 4. The van der Waals surface area contributed by atoms with Crippen LogP contribution in [0.3, 0.4) is 0 Å². The summed E-state index contributed by atoms with van der Waals surface area (Å²) in [5.41, 5.74) is 8.38. The molecule has 0 spiro atoms. The van der Waals surface area contributed by atoms with Gasteiger partial charge >= 0.3 is 0 Å². The molecule has 0 bridgehead atoms. The van der Waals surface area contributed by atoms with Gasteiger partial charge in [-0.1, -0.05) is 29.8 Å². The molecule has 1 aromatic carbocycles. The molecule has 0 aliphatic carbocycles. The summed E-state index contributed by atoms with van der Waals surface area (Å²) in [4.78, 5) is 20.7. The van der Waals surface area contributed by atoms with Gasteiger partial charge in [-0.05, 0) is 26.8 Å². The third-order valence-electron chi connectivity index (χ3n) is 4.46. The molecule has 5 N–H and O–H groups in total. The van der Waals surface area contributed by atoms with Crippen LogP contribution < -0.4 is 16.4 Å². The first kappa shape index (κ1) is 20.8. The molecule has 9 heteroatoms. The van der Waals surface area contributed by atoms with Gasteiger partial charge in [0.2, 0.25) is 0 Å². The normalized spacial score (nSPS) is 11.0. The van der Waals surface area contributed by atoms with Crippen LogP contribution in [0.15, 0.2) is 49.1 Å². The van der Waals surface area contributed by atoms with E-state index >= 15 is 0 Å². The second-order valence-corrected chi connectivity index (χ2v) is 7.55. The van der Waals surface area contributed by atoms with Crippen molar-refractivity contribution in [2.24, 2.45) is 0 Å². The number of aromatic nitrogens is 4. The minimum absolute atomic E-state index is 0.209. The lowest BCUT2D eigenvalue weighted by Crippen LogP contribution is -2.44. The number of nitrogens with two attached hydrogens (primary N) is 1. The van der Waals surface area contributed by atoms with E-state index in [9.17, 15) is 4.79 Å². The second-order valence-electron chi connectivity index (χ2n) is 7.55. The van der Waals surface area contributed by atoms with Gasteiger partial charge in [0.25, 0.3) is 5.91 Å². The smallest absolute Gasteiger partial charge is 0.253 e. The highest BCUT2D eigenvalue weighted by Crippen LogP contribution is 2.24. The molecule has 1 amide bonds. The molecule has 30 heavy (non-hydrogen) atoms. The molecular weight excluding hydrogens is 380 g/mol. The maximum Gasteiger partial charge on any atom is 0.253 e. The summed E-state index contributed by atoms with van der Waals surface area (Å²) in [6.07, 6.45) is 4.22. The number of amides is 1. The highest BCUT2D eigenvalue weighted by Gasteiger charge is 2.24. The summed E-state index contributed by atoms with van der Waals surface area (Å²) in [6, 6.07) is 9.19. The number of carbonyl (C=O) groups excluding carboxylic acids is 1. The first-order chi connectivity index (χ1) is 14.3. The topological polar surface area (TPSA) is 143 Å². The molecule has 3 rings (SSSR count). The van der Waals surface area contributed by atoms with E-state index in [1.165, 1.54) is 18.7 Å². The molecule has 3 aromatic rings. The Morgan fingerprint density at radius 3 is 2.50 bits per heavy atom. The number of anilines is 2. The van der Waals surface area contributed by atoms with Gasteiger partial charge in [-0.15, -0.1) is 0 Å².